The molecule has 108 valence electrons. The van der Waals surface area contributed by atoms with Crippen molar-refractivity contribution >= 4 is 16.6 Å². The molecule has 0 aliphatic rings. The van der Waals surface area contributed by atoms with Crippen molar-refractivity contribution in [2.24, 2.45) is 0 Å². The number of anilines is 1. The van der Waals surface area contributed by atoms with Crippen molar-refractivity contribution < 1.29 is 22.0 Å². The number of hydrogen-bond acceptors (Lipinski definition) is 2. The Morgan fingerprint density at radius 2 is 1.90 bits per heavy atom. The van der Waals surface area contributed by atoms with Gasteiger partial charge in [0.1, 0.15) is 11.2 Å². The van der Waals surface area contributed by atoms with E-state index in [0.717, 1.165) is 12.1 Å². The van der Waals surface area contributed by atoms with E-state index in [9.17, 15) is 22.0 Å². The lowest BCUT2D eigenvalue weighted by Gasteiger charge is -2.13. The average Bonchev–Trinajstić information content (AvgIpc) is 2.39. The molecule has 1 N–H and O–H groups in total. The van der Waals surface area contributed by atoms with Gasteiger partial charge in [-0.2, -0.15) is 13.2 Å². The number of nitrogens with zero attached hydrogens (tertiary/aromatic N) is 1. The third-order valence-electron chi connectivity index (χ3n) is 2.73. The SMILES string of the molecule is CCCNc1cc(C(F)(F)F)nc2c(F)c(F)ccc12. The summed E-state index contributed by atoms with van der Waals surface area (Å²) in [5.41, 5.74) is -1.80. The molecule has 0 spiro atoms. The van der Waals surface area contributed by atoms with Crippen LogP contribution in [0.5, 0.6) is 0 Å². The van der Waals surface area contributed by atoms with E-state index in [1.54, 1.807) is 0 Å². The van der Waals surface area contributed by atoms with Crippen molar-refractivity contribution in [3.63, 3.8) is 0 Å². The first kappa shape index (κ1) is 14.5. The normalized spacial score (nSPS) is 11.9. The van der Waals surface area contributed by atoms with Crippen LogP contribution in [-0.2, 0) is 6.18 Å². The number of hydrogen-bond donors (Lipinski definition) is 1. The predicted molar refractivity (Wildman–Crippen MR) is 65.4 cm³/mol. The highest BCUT2D eigenvalue weighted by atomic mass is 19.4. The summed E-state index contributed by atoms with van der Waals surface area (Å²) < 4.78 is 65.0. The van der Waals surface area contributed by atoms with Gasteiger partial charge < -0.3 is 5.32 Å². The molecule has 0 bridgehead atoms. The lowest BCUT2D eigenvalue weighted by Crippen LogP contribution is -2.11. The smallest absolute Gasteiger partial charge is 0.384 e. The first-order chi connectivity index (χ1) is 9.34. The van der Waals surface area contributed by atoms with E-state index in [4.69, 9.17) is 0 Å². The molecule has 7 heteroatoms. The van der Waals surface area contributed by atoms with E-state index < -0.39 is 29.0 Å². The Kier molecular flexibility index (Phi) is 3.78. The fourth-order valence-corrected chi connectivity index (χ4v) is 1.78. The molecule has 0 amide bonds. The highest BCUT2D eigenvalue weighted by molar-refractivity contribution is 5.92. The quantitative estimate of drug-likeness (QED) is 0.850. The molecule has 0 aliphatic carbocycles. The summed E-state index contributed by atoms with van der Waals surface area (Å²) in [5, 5.41) is 2.88. The standard InChI is InChI=1S/C13H11F5N2/c1-2-5-19-9-6-10(13(16,17)18)20-12-7(9)3-4-8(14)11(12)15/h3-4,6H,2,5H2,1H3,(H,19,20). The largest absolute Gasteiger partial charge is 0.433 e. The van der Waals surface area contributed by atoms with Crippen LogP contribution in [0, 0.1) is 11.6 Å². The number of nitrogens with one attached hydrogen (secondary N) is 1. The molecule has 1 aromatic carbocycles. The molecule has 1 aromatic heterocycles. The van der Waals surface area contributed by atoms with Crippen LogP contribution >= 0.6 is 0 Å². The number of benzene rings is 1. The number of halogens is 5. The molecule has 1 heterocycles. The van der Waals surface area contributed by atoms with Crippen LogP contribution in [0.4, 0.5) is 27.6 Å². The summed E-state index contributed by atoms with van der Waals surface area (Å²) in [6, 6.07) is 2.87. The first-order valence-electron chi connectivity index (χ1n) is 5.94. The van der Waals surface area contributed by atoms with Crippen LogP contribution in [0.2, 0.25) is 0 Å². The van der Waals surface area contributed by atoms with Gasteiger partial charge in [0.25, 0.3) is 0 Å². The second kappa shape index (κ2) is 5.22. The van der Waals surface area contributed by atoms with E-state index in [0.29, 0.717) is 13.0 Å². The Morgan fingerprint density at radius 3 is 2.50 bits per heavy atom. The van der Waals surface area contributed by atoms with Gasteiger partial charge in [-0.1, -0.05) is 6.92 Å². The van der Waals surface area contributed by atoms with Crippen LogP contribution in [0.25, 0.3) is 10.9 Å². The second-order valence-electron chi connectivity index (χ2n) is 4.24. The molecule has 0 aliphatic heterocycles. The van der Waals surface area contributed by atoms with E-state index in [1.165, 1.54) is 6.07 Å². The van der Waals surface area contributed by atoms with Crippen LogP contribution in [0.15, 0.2) is 18.2 Å². The van der Waals surface area contributed by atoms with Crippen molar-refractivity contribution in [1.29, 1.82) is 0 Å². The lowest BCUT2D eigenvalue weighted by atomic mass is 10.1. The van der Waals surface area contributed by atoms with Crippen molar-refractivity contribution in [3.8, 4) is 0 Å². The zero-order valence-corrected chi connectivity index (χ0v) is 10.5. The summed E-state index contributed by atoms with van der Waals surface area (Å²) in [6.45, 7) is 2.25. The minimum Gasteiger partial charge on any atom is -0.384 e. The Labute approximate surface area is 111 Å². The molecular formula is C13H11F5N2. The third-order valence-corrected chi connectivity index (χ3v) is 2.73. The zero-order valence-electron chi connectivity index (χ0n) is 10.5. The minimum atomic E-state index is -4.73. The van der Waals surface area contributed by atoms with E-state index in [-0.39, 0.29) is 11.1 Å². The number of fused-ring (bicyclic) bond motifs is 1. The zero-order chi connectivity index (χ0) is 14.9. The monoisotopic (exact) mass is 290 g/mol. The molecule has 0 saturated carbocycles. The molecule has 20 heavy (non-hydrogen) atoms. The molecule has 0 fully saturated rings. The van der Waals surface area contributed by atoms with Gasteiger partial charge in [0.15, 0.2) is 11.6 Å². The van der Waals surface area contributed by atoms with E-state index in [1.807, 2.05) is 6.92 Å². The van der Waals surface area contributed by atoms with Crippen molar-refractivity contribution in [2.45, 2.75) is 19.5 Å². The second-order valence-corrected chi connectivity index (χ2v) is 4.24. The van der Waals surface area contributed by atoms with Gasteiger partial charge in [-0.25, -0.2) is 13.8 Å². The van der Waals surface area contributed by atoms with E-state index >= 15 is 0 Å². The van der Waals surface area contributed by atoms with Gasteiger partial charge in [-0.3, -0.25) is 0 Å². The van der Waals surface area contributed by atoms with Crippen LogP contribution in [0.1, 0.15) is 19.0 Å². The fraction of sp³-hybridized carbons (Fsp3) is 0.308. The Morgan fingerprint density at radius 1 is 1.20 bits per heavy atom. The third kappa shape index (κ3) is 2.66. The van der Waals surface area contributed by atoms with Gasteiger partial charge >= 0.3 is 6.18 Å². The first-order valence-corrected chi connectivity index (χ1v) is 5.94. The summed E-state index contributed by atoms with van der Waals surface area (Å²) in [6.07, 6.45) is -4.05. The van der Waals surface area contributed by atoms with E-state index in [2.05, 4.69) is 10.3 Å². The van der Waals surface area contributed by atoms with Gasteiger partial charge in [0.2, 0.25) is 0 Å². The topological polar surface area (TPSA) is 24.9 Å². The highest BCUT2D eigenvalue weighted by Crippen LogP contribution is 2.34. The van der Waals surface area contributed by atoms with Gasteiger partial charge in [0, 0.05) is 17.6 Å². The van der Waals surface area contributed by atoms with Crippen molar-refractivity contribution in [2.75, 3.05) is 11.9 Å². The summed E-state index contributed by atoms with van der Waals surface area (Å²) >= 11 is 0. The van der Waals surface area contributed by atoms with Gasteiger partial charge in [0.05, 0.1) is 0 Å². The maximum atomic E-state index is 13.6. The number of rotatable bonds is 3. The number of aromatic nitrogens is 1. The van der Waals surface area contributed by atoms with Crippen LogP contribution < -0.4 is 5.32 Å². The summed E-state index contributed by atoms with van der Waals surface area (Å²) in [5.74, 6) is -2.61. The molecule has 0 atom stereocenters. The Bertz CT molecular complexity index is 637. The summed E-state index contributed by atoms with van der Waals surface area (Å²) in [7, 11) is 0. The maximum absolute atomic E-state index is 13.6. The molecule has 2 aromatic rings. The summed E-state index contributed by atoms with van der Waals surface area (Å²) in [4.78, 5) is 3.20. The minimum absolute atomic E-state index is 0.0862. The lowest BCUT2D eigenvalue weighted by molar-refractivity contribution is -0.140. The number of pyridine rings is 1. The fourth-order valence-electron chi connectivity index (χ4n) is 1.78. The molecule has 0 saturated heterocycles. The molecular weight excluding hydrogens is 279 g/mol. The highest BCUT2D eigenvalue weighted by Gasteiger charge is 2.34. The maximum Gasteiger partial charge on any atom is 0.433 e. The molecule has 0 radical (unpaired) electrons. The van der Waals surface area contributed by atoms with Crippen LogP contribution in [0.3, 0.4) is 0 Å². The van der Waals surface area contributed by atoms with Gasteiger partial charge in [-0.05, 0) is 24.6 Å². The van der Waals surface area contributed by atoms with Gasteiger partial charge in [-0.15, -0.1) is 0 Å². The van der Waals surface area contributed by atoms with Crippen molar-refractivity contribution in [1.82, 2.24) is 4.98 Å². The Hall–Kier alpha value is -1.92. The molecule has 2 nitrogen and oxygen atoms in total. The molecule has 0 unspecified atom stereocenters. The molecule has 2 rings (SSSR count). The Balaban J connectivity index is 2.71. The van der Waals surface area contributed by atoms with Crippen LogP contribution in [-0.4, -0.2) is 11.5 Å². The predicted octanol–water partition coefficient (Wildman–Crippen LogP) is 4.35. The average molecular weight is 290 g/mol. The van der Waals surface area contributed by atoms with Crippen molar-refractivity contribution in [3.05, 3.63) is 35.5 Å². The number of alkyl halides is 3.